The van der Waals surface area contributed by atoms with Crippen molar-refractivity contribution in [1.29, 1.82) is 0 Å². The summed E-state index contributed by atoms with van der Waals surface area (Å²) in [5, 5.41) is 14.1. The van der Waals surface area contributed by atoms with Crippen LogP contribution in [0.4, 0.5) is 5.69 Å². The van der Waals surface area contributed by atoms with Gasteiger partial charge in [-0.25, -0.2) is 0 Å². The van der Waals surface area contributed by atoms with Crippen molar-refractivity contribution < 1.29 is 14.6 Å². The monoisotopic (exact) mass is 415 g/mol. The first kappa shape index (κ1) is 21.0. The summed E-state index contributed by atoms with van der Waals surface area (Å²) in [4.78, 5) is 13.9. The summed E-state index contributed by atoms with van der Waals surface area (Å²) < 4.78 is 5.76. The molecule has 160 valence electrons. The lowest BCUT2D eigenvalue weighted by Gasteiger charge is -2.32. The molecule has 31 heavy (non-hydrogen) atoms. The number of phenolic OH excluding ortho intramolecular Hbond substituents is 1. The van der Waals surface area contributed by atoms with Crippen LogP contribution in [0.25, 0.3) is 0 Å². The zero-order valence-electron chi connectivity index (χ0n) is 18.7. The lowest BCUT2D eigenvalue weighted by molar-refractivity contribution is -0.118. The third kappa shape index (κ3) is 3.18. The Labute approximate surface area is 183 Å². The maximum Gasteiger partial charge on any atom is 0.244 e. The van der Waals surface area contributed by atoms with E-state index in [9.17, 15) is 9.90 Å². The van der Waals surface area contributed by atoms with Crippen molar-refractivity contribution in [2.75, 3.05) is 12.4 Å². The van der Waals surface area contributed by atoms with E-state index >= 15 is 0 Å². The van der Waals surface area contributed by atoms with Gasteiger partial charge in [-0.2, -0.15) is 0 Å². The van der Waals surface area contributed by atoms with Crippen molar-refractivity contribution in [3.8, 4) is 11.5 Å². The summed E-state index contributed by atoms with van der Waals surface area (Å²) >= 11 is 0. The number of para-hydroxylation sites is 1. The van der Waals surface area contributed by atoms with E-state index < -0.39 is 5.41 Å². The van der Waals surface area contributed by atoms with Gasteiger partial charge < -0.3 is 15.2 Å². The van der Waals surface area contributed by atoms with Crippen LogP contribution in [0.5, 0.6) is 11.5 Å². The molecule has 4 rings (SSSR count). The summed E-state index contributed by atoms with van der Waals surface area (Å²) in [6.07, 6.45) is 0. The number of ether oxygens (including phenoxy) is 1. The molecule has 0 aromatic heterocycles. The van der Waals surface area contributed by atoms with Crippen LogP contribution in [0.2, 0.25) is 0 Å². The molecule has 3 aromatic rings. The van der Waals surface area contributed by atoms with Crippen LogP contribution in [0, 0.1) is 0 Å². The molecule has 1 heterocycles. The van der Waals surface area contributed by atoms with Crippen molar-refractivity contribution in [2.24, 2.45) is 0 Å². The topological polar surface area (TPSA) is 58.6 Å². The first-order valence-electron chi connectivity index (χ1n) is 10.7. The van der Waals surface area contributed by atoms with E-state index in [1.807, 2.05) is 54.6 Å². The van der Waals surface area contributed by atoms with Crippen LogP contribution in [-0.2, 0) is 10.2 Å². The molecule has 1 aliphatic heterocycles. The van der Waals surface area contributed by atoms with Crippen molar-refractivity contribution in [3.63, 3.8) is 0 Å². The molecule has 0 saturated heterocycles. The van der Waals surface area contributed by atoms with Crippen LogP contribution >= 0.6 is 0 Å². The van der Waals surface area contributed by atoms with Crippen molar-refractivity contribution in [3.05, 3.63) is 88.5 Å². The Bertz CT molecular complexity index is 1150. The minimum Gasteiger partial charge on any atom is -0.508 e. The number of rotatable bonds is 5. The molecule has 0 bridgehead atoms. The SMILES string of the molecule is COc1ccc(C(C)C)cc1C1(c2cc(C(C)C)ccc2O)C(=O)Nc2ccccc21. The van der Waals surface area contributed by atoms with E-state index in [0.29, 0.717) is 11.3 Å². The fraction of sp³-hybridized carbons (Fsp3) is 0.296. The van der Waals surface area contributed by atoms with Gasteiger partial charge in [0.05, 0.1) is 7.11 Å². The highest BCUT2D eigenvalue weighted by Crippen LogP contribution is 2.53. The van der Waals surface area contributed by atoms with Gasteiger partial charge in [-0.05, 0) is 41.2 Å². The Balaban J connectivity index is 2.16. The van der Waals surface area contributed by atoms with Crippen molar-refractivity contribution in [1.82, 2.24) is 0 Å². The van der Waals surface area contributed by atoms with Gasteiger partial charge >= 0.3 is 0 Å². The molecule has 4 nitrogen and oxygen atoms in total. The number of nitrogens with one attached hydrogen (secondary N) is 1. The number of phenols is 1. The number of benzene rings is 3. The van der Waals surface area contributed by atoms with Crippen molar-refractivity contribution >= 4 is 11.6 Å². The number of hydrogen-bond acceptors (Lipinski definition) is 3. The van der Waals surface area contributed by atoms with Gasteiger partial charge in [0.25, 0.3) is 0 Å². The molecular formula is C27H29NO3. The van der Waals surface area contributed by atoms with Gasteiger partial charge in [0, 0.05) is 22.4 Å². The van der Waals surface area contributed by atoms with Gasteiger partial charge in [0.1, 0.15) is 16.9 Å². The summed E-state index contributed by atoms with van der Waals surface area (Å²) in [6, 6.07) is 19.3. The summed E-state index contributed by atoms with van der Waals surface area (Å²) in [6.45, 7) is 8.45. The Kier molecular flexibility index (Phi) is 5.26. The average Bonchev–Trinajstić information content (AvgIpc) is 3.05. The van der Waals surface area contributed by atoms with Crippen LogP contribution in [0.1, 0.15) is 67.3 Å². The number of carbonyl (C=O) groups excluding carboxylic acids is 1. The number of aromatic hydroxyl groups is 1. The predicted molar refractivity (Wildman–Crippen MR) is 124 cm³/mol. The summed E-state index contributed by atoms with van der Waals surface area (Å²) in [5.41, 5.74) is 3.81. The minimum atomic E-state index is -1.22. The zero-order chi connectivity index (χ0) is 22.3. The molecule has 1 aliphatic rings. The molecule has 4 heteroatoms. The minimum absolute atomic E-state index is 0.0910. The van der Waals surface area contributed by atoms with Gasteiger partial charge in [0.15, 0.2) is 0 Å². The molecule has 1 atom stereocenters. The number of anilines is 1. The quantitative estimate of drug-likeness (QED) is 0.543. The molecule has 3 aromatic carbocycles. The van der Waals surface area contributed by atoms with Gasteiger partial charge in [-0.3, -0.25) is 4.79 Å². The molecule has 0 radical (unpaired) electrons. The number of hydrogen-bond donors (Lipinski definition) is 2. The number of amides is 1. The predicted octanol–water partition coefficient (Wildman–Crippen LogP) is 5.93. The van der Waals surface area contributed by atoms with Crippen LogP contribution in [0.3, 0.4) is 0 Å². The second-order valence-corrected chi connectivity index (χ2v) is 8.80. The summed E-state index contributed by atoms with van der Waals surface area (Å²) in [7, 11) is 1.62. The highest BCUT2D eigenvalue weighted by atomic mass is 16.5. The number of carbonyl (C=O) groups is 1. The number of fused-ring (bicyclic) bond motifs is 1. The molecule has 0 aliphatic carbocycles. The van der Waals surface area contributed by atoms with E-state index in [1.165, 1.54) is 0 Å². The van der Waals surface area contributed by atoms with Crippen LogP contribution < -0.4 is 10.1 Å². The van der Waals surface area contributed by atoms with Crippen molar-refractivity contribution in [2.45, 2.75) is 44.9 Å². The number of methoxy groups -OCH3 is 1. The first-order valence-corrected chi connectivity index (χ1v) is 10.7. The summed E-state index contributed by atoms with van der Waals surface area (Å²) in [5.74, 6) is 1.04. The van der Waals surface area contributed by atoms with E-state index in [0.717, 1.165) is 27.9 Å². The Morgan fingerprint density at radius 3 is 2.10 bits per heavy atom. The molecule has 0 spiro atoms. The molecule has 2 N–H and O–H groups in total. The first-order chi connectivity index (χ1) is 14.8. The van der Waals surface area contributed by atoms with E-state index in [1.54, 1.807) is 13.2 Å². The van der Waals surface area contributed by atoms with Gasteiger partial charge in [-0.15, -0.1) is 0 Å². The van der Waals surface area contributed by atoms with Gasteiger partial charge in [0.2, 0.25) is 5.91 Å². The largest absolute Gasteiger partial charge is 0.508 e. The molecular weight excluding hydrogens is 386 g/mol. The van der Waals surface area contributed by atoms with E-state index in [-0.39, 0.29) is 23.5 Å². The Morgan fingerprint density at radius 2 is 1.45 bits per heavy atom. The molecule has 0 fully saturated rings. The Hall–Kier alpha value is -3.27. The zero-order valence-corrected chi connectivity index (χ0v) is 18.7. The maximum atomic E-state index is 13.9. The lowest BCUT2D eigenvalue weighted by atomic mass is 9.68. The fourth-order valence-electron chi connectivity index (χ4n) is 4.53. The second-order valence-electron chi connectivity index (χ2n) is 8.80. The standard InChI is InChI=1S/C27H29NO3/c1-16(2)18-10-12-24(29)21(14-18)27(20-8-6-7-9-23(20)28-26(27)30)22-15-19(17(3)4)11-13-25(22)31-5/h6-17,29H,1-5H3,(H,28,30). The maximum absolute atomic E-state index is 13.9. The Morgan fingerprint density at radius 1 is 0.839 bits per heavy atom. The molecule has 1 amide bonds. The van der Waals surface area contributed by atoms with Crippen LogP contribution in [-0.4, -0.2) is 18.1 Å². The van der Waals surface area contributed by atoms with Gasteiger partial charge in [-0.1, -0.05) is 70.2 Å². The third-order valence-electron chi connectivity index (χ3n) is 6.31. The fourth-order valence-corrected chi connectivity index (χ4v) is 4.53. The molecule has 1 unspecified atom stereocenters. The average molecular weight is 416 g/mol. The third-order valence-corrected chi connectivity index (χ3v) is 6.31. The molecule has 0 saturated carbocycles. The second kappa shape index (κ2) is 7.77. The highest BCUT2D eigenvalue weighted by Gasteiger charge is 2.52. The highest BCUT2D eigenvalue weighted by molar-refractivity contribution is 6.12. The normalized spacial score (nSPS) is 17.7. The smallest absolute Gasteiger partial charge is 0.244 e. The van der Waals surface area contributed by atoms with Crippen LogP contribution in [0.15, 0.2) is 60.7 Å². The lowest BCUT2D eigenvalue weighted by Crippen LogP contribution is -2.37. The van der Waals surface area contributed by atoms with E-state index in [4.69, 9.17) is 4.74 Å². The van der Waals surface area contributed by atoms with E-state index in [2.05, 4.69) is 33.0 Å².